The lowest BCUT2D eigenvalue weighted by Crippen LogP contribution is -2.76. The monoisotopic (exact) mass is 396 g/mol. The highest BCUT2D eigenvalue weighted by molar-refractivity contribution is 14.1. The number of hydrogen-bond donors (Lipinski definition) is 2. The number of halogens is 1. The molecule has 2 aromatic carbocycles. The van der Waals surface area contributed by atoms with Crippen molar-refractivity contribution in [2.75, 3.05) is 6.54 Å². The van der Waals surface area contributed by atoms with E-state index in [0.717, 1.165) is 9.99 Å². The molecule has 0 spiro atoms. The second-order valence-corrected chi connectivity index (χ2v) is 5.78. The van der Waals surface area contributed by atoms with E-state index >= 15 is 0 Å². The Hall–Kier alpha value is -1.96. The Kier molecular flexibility index (Phi) is 5.26. The van der Waals surface area contributed by atoms with E-state index in [4.69, 9.17) is 5.73 Å². The van der Waals surface area contributed by atoms with E-state index in [1.165, 1.54) is 17.7 Å². The van der Waals surface area contributed by atoms with Gasteiger partial charge in [-0.1, -0.05) is 30.3 Å². The Labute approximate surface area is 136 Å². The van der Waals surface area contributed by atoms with Crippen molar-refractivity contribution in [1.82, 2.24) is 0 Å². The first kappa shape index (κ1) is 15.4. The Morgan fingerprint density at radius 1 is 1.24 bits per heavy atom. The fraction of sp³-hybridized carbons (Fsp3) is 0.133. The van der Waals surface area contributed by atoms with Gasteiger partial charge in [0.05, 0.1) is 17.0 Å². The van der Waals surface area contributed by atoms with Crippen molar-refractivity contribution in [2.24, 2.45) is 5.73 Å². The van der Waals surface area contributed by atoms with E-state index in [2.05, 4.69) is 4.99 Å². The molecule has 0 unspecified atom stereocenters. The molecule has 0 aromatic heterocycles. The summed E-state index contributed by atoms with van der Waals surface area (Å²) in [5.41, 5.74) is 7.88. The number of nitro benzene ring substituents is 1. The lowest BCUT2D eigenvalue weighted by Gasteiger charge is -2.00. The maximum Gasteiger partial charge on any atom is 0.273 e. The lowest BCUT2D eigenvalue weighted by molar-refractivity contribution is -0.456. The Balaban J connectivity index is 2.10. The fourth-order valence-corrected chi connectivity index (χ4v) is 2.58. The second kappa shape index (κ2) is 7.16. The molecule has 0 aliphatic rings. The van der Waals surface area contributed by atoms with Gasteiger partial charge in [-0.05, 0) is 34.2 Å². The van der Waals surface area contributed by atoms with Crippen LogP contribution in [0.5, 0.6) is 0 Å². The number of nitrogens with one attached hydrogen (secondary N) is 1. The van der Waals surface area contributed by atoms with Crippen molar-refractivity contribution in [3.8, 4) is 0 Å². The standard InChI is InChI=1S/C15H14IN3O2/c16-13-8-12(9-14(10-13)19(20)21)15(17)18-7-6-11-4-2-1-3-5-11/h1-5,8-10H,6-7H2,(H2,17,18)/p+1. The lowest BCUT2D eigenvalue weighted by atomic mass is 10.1. The van der Waals surface area contributed by atoms with Crippen LogP contribution in [-0.2, 0) is 6.42 Å². The van der Waals surface area contributed by atoms with Gasteiger partial charge >= 0.3 is 0 Å². The van der Waals surface area contributed by atoms with E-state index in [-0.39, 0.29) is 5.69 Å². The van der Waals surface area contributed by atoms with Crippen LogP contribution in [-0.4, -0.2) is 17.3 Å². The molecular formula is C15H15IN3O2+. The molecule has 0 aliphatic carbocycles. The predicted molar refractivity (Wildman–Crippen MR) is 90.1 cm³/mol. The smallest absolute Gasteiger partial charge is 0.273 e. The Morgan fingerprint density at radius 2 is 1.95 bits per heavy atom. The van der Waals surface area contributed by atoms with Crippen LogP contribution in [0.1, 0.15) is 11.1 Å². The number of nitro groups is 1. The molecule has 0 heterocycles. The van der Waals surface area contributed by atoms with Gasteiger partial charge in [0, 0.05) is 22.1 Å². The number of amidine groups is 1. The zero-order valence-electron chi connectivity index (χ0n) is 11.3. The molecule has 108 valence electrons. The van der Waals surface area contributed by atoms with Gasteiger partial charge in [0.25, 0.3) is 11.5 Å². The summed E-state index contributed by atoms with van der Waals surface area (Å²) in [4.78, 5) is 13.6. The van der Waals surface area contributed by atoms with Gasteiger partial charge in [0.2, 0.25) is 0 Å². The molecule has 21 heavy (non-hydrogen) atoms. The first-order valence-electron chi connectivity index (χ1n) is 6.42. The molecule has 0 radical (unpaired) electrons. The van der Waals surface area contributed by atoms with Gasteiger partial charge in [-0.15, -0.1) is 0 Å². The zero-order valence-corrected chi connectivity index (χ0v) is 13.4. The maximum absolute atomic E-state index is 10.9. The van der Waals surface area contributed by atoms with E-state index in [1.807, 2.05) is 59.0 Å². The number of nitrogen functional groups attached to an aromatic ring is 1. The molecule has 0 saturated carbocycles. The van der Waals surface area contributed by atoms with E-state index in [9.17, 15) is 10.1 Å². The minimum Gasteiger partial charge on any atom is -0.287 e. The number of rotatable bonds is 5. The van der Waals surface area contributed by atoms with Crippen LogP contribution in [0.4, 0.5) is 5.69 Å². The van der Waals surface area contributed by atoms with Gasteiger partial charge < -0.3 is 0 Å². The summed E-state index contributed by atoms with van der Waals surface area (Å²) in [6.07, 6.45) is 0.841. The highest BCUT2D eigenvalue weighted by Gasteiger charge is 2.13. The van der Waals surface area contributed by atoms with Crippen molar-refractivity contribution < 1.29 is 9.92 Å². The van der Waals surface area contributed by atoms with E-state index in [1.54, 1.807) is 0 Å². The maximum atomic E-state index is 10.9. The largest absolute Gasteiger partial charge is 0.287 e. The number of non-ortho nitro benzene ring substituents is 1. The minimum absolute atomic E-state index is 0.0460. The van der Waals surface area contributed by atoms with Crippen molar-refractivity contribution in [1.29, 1.82) is 0 Å². The number of hydrogen-bond acceptors (Lipinski definition) is 2. The van der Waals surface area contributed by atoms with Crippen LogP contribution >= 0.6 is 22.6 Å². The van der Waals surface area contributed by atoms with Crippen LogP contribution in [0.25, 0.3) is 0 Å². The normalized spacial score (nSPS) is 11.4. The third-order valence-corrected chi connectivity index (χ3v) is 3.60. The molecular weight excluding hydrogens is 381 g/mol. The molecule has 5 nitrogen and oxygen atoms in total. The van der Waals surface area contributed by atoms with E-state index < -0.39 is 4.92 Å². The Bertz CT molecular complexity index is 672. The summed E-state index contributed by atoms with van der Waals surface area (Å²) in [5, 5.41) is 10.9. The topological polar surface area (TPSA) is 83.1 Å². The molecule has 2 rings (SSSR count). The molecule has 2 aromatic rings. The molecule has 0 aliphatic heterocycles. The number of benzene rings is 2. The van der Waals surface area contributed by atoms with E-state index in [0.29, 0.717) is 17.9 Å². The summed E-state index contributed by atoms with van der Waals surface area (Å²) < 4.78 is 0.782. The van der Waals surface area contributed by atoms with Crippen molar-refractivity contribution in [3.63, 3.8) is 0 Å². The average molecular weight is 396 g/mol. The SMILES string of the molecule is NC(=[NH+]CCc1ccccc1)c1cc(I)cc([N+](=O)[O-])c1. The molecule has 0 fully saturated rings. The molecule has 3 N–H and O–H groups in total. The van der Waals surface area contributed by atoms with Gasteiger partial charge in [-0.25, -0.2) is 0 Å². The first-order chi connectivity index (χ1) is 10.1. The van der Waals surface area contributed by atoms with Crippen LogP contribution in [0, 0.1) is 13.7 Å². The first-order valence-corrected chi connectivity index (χ1v) is 7.50. The zero-order chi connectivity index (χ0) is 15.2. The van der Waals surface area contributed by atoms with Crippen LogP contribution in [0.15, 0.2) is 48.5 Å². The summed E-state index contributed by atoms with van der Waals surface area (Å²) >= 11 is 2.04. The number of nitrogens with zero attached hydrogens (tertiary/aromatic N) is 1. The average Bonchev–Trinajstić information content (AvgIpc) is 2.47. The van der Waals surface area contributed by atoms with Crippen LogP contribution in [0.3, 0.4) is 0 Å². The fourth-order valence-electron chi connectivity index (χ4n) is 1.92. The van der Waals surface area contributed by atoms with Gasteiger partial charge in [-0.3, -0.25) is 20.8 Å². The summed E-state index contributed by atoms with van der Waals surface area (Å²) in [6, 6.07) is 14.9. The summed E-state index contributed by atoms with van der Waals surface area (Å²) in [5.74, 6) is 0.451. The highest BCUT2D eigenvalue weighted by atomic mass is 127. The highest BCUT2D eigenvalue weighted by Crippen LogP contribution is 2.17. The van der Waals surface area contributed by atoms with Gasteiger partial charge in [0.1, 0.15) is 0 Å². The second-order valence-electron chi connectivity index (χ2n) is 4.53. The molecule has 0 amide bonds. The van der Waals surface area contributed by atoms with Gasteiger partial charge in [0.15, 0.2) is 0 Å². The third-order valence-electron chi connectivity index (χ3n) is 2.98. The molecule has 6 heteroatoms. The minimum atomic E-state index is -0.414. The molecule has 0 bridgehead atoms. The summed E-state index contributed by atoms with van der Waals surface area (Å²) in [6.45, 7) is 0.676. The number of nitrogens with two attached hydrogens (primary N) is 1. The van der Waals surface area contributed by atoms with Crippen molar-refractivity contribution in [3.05, 3.63) is 73.3 Å². The van der Waals surface area contributed by atoms with Crippen molar-refractivity contribution in [2.45, 2.75) is 6.42 Å². The Morgan fingerprint density at radius 3 is 2.62 bits per heavy atom. The van der Waals surface area contributed by atoms with Crippen LogP contribution < -0.4 is 10.7 Å². The molecule has 0 atom stereocenters. The third kappa shape index (κ3) is 4.52. The summed E-state index contributed by atoms with van der Waals surface area (Å²) in [7, 11) is 0. The van der Waals surface area contributed by atoms with Crippen molar-refractivity contribution >= 4 is 34.1 Å². The van der Waals surface area contributed by atoms with Gasteiger partial charge in [-0.2, -0.15) is 0 Å². The molecule has 0 saturated heterocycles. The quantitative estimate of drug-likeness (QED) is 0.262. The van der Waals surface area contributed by atoms with Crippen LogP contribution in [0.2, 0.25) is 0 Å². The predicted octanol–water partition coefficient (Wildman–Crippen LogP) is 1.23.